The number of hydrogen-bond donors (Lipinski definition) is 0. The summed E-state index contributed by atoms with van der Waals surface area (Å²) in [5.74, 6) is 1.34. The fourth-order valence-corrected chi connectivity index (χ4v) is 4.48. The van der Waals surface area contributed by atoms with Crippen molar-refractivity contribution in [1.82, 2.24) is 15.0 Å². The van der Waals surface area contributed by atoms with Crippen molar-refractivity contribution in [3.63, 3.8) is 0 Å². The molecule has 1 aromatic heterocycles. The second-order valence-electron chi connectivity index (χ2n) is 8.84. The van der Waals surface area contributed by atoms with Gasteiger partial charge in [-0.1, -0.05) is 59.8 Å². The lowest BCUT2D eigenvalue weighted by atomic mass is 10.0. The van der Waals surface area contributed by atoms with Crippen LogP contribution in [-0.4, -0.2) is 47.0 Å². The van der Waals surface area contributed by atoms with Crippen molar-refractivity contribution in [3.8, 4) is 5.75 Å². The summed E-state index contributed by atoms with van der Waals surface area (Å²) in [5.41, 5.74) is 3.62. The Labute approximate surface area is 199 Å². The summed E-state index contributed by atoms with van der Waals surface area (Å²) in [6.07, 6.45) is 0. The Morgan fingerprint density at radius 2 is 1.62 bits per heavy atom. The van der Waals surface area contributed by atoms with Gasteiger partial charge in [-0.2, -0.15) is 0 Å². The maximum atomic E-state index is 13.6. The molecule has 34 heavy (non-hydrogen) atoms. The first-order chi connectivity index (χ1) is 16.6. The van der Waals surface area contributed by atoms with Crippen molar-refractivity contribution in [2.45, 2.75) is 27.0 Å². The fraction of sp³-hybridized carbons (Fsp3) is 0.286. The smallest absolute Gasteiger partial charge is 0.257 e. The summed E-state index contributed by atoms with van der Waals surface area (Å²) >= 11 is 0. The molecule has 174 valence electrons. The Balaban J connectivity index is 1.34. The average molecular weight is 456 g/mol. The Morgan fingerprint density at radius 1 is 0.941 bits per heavy atom. The average Bonchev–Trinajstić information content (AvgIpc) is 3.19. The van der Waals surface area contributed by atoms with Gasteiger partial charge in [-0.15, -0.1) is 0 Å². The van der Waals surface area contributed by atoms with E-state index < -0.39 is 0 Å². The molecule has 5 rings (SSSR count). The van der Waals surface area contributed by atoms with E-state index in [1.165, 1.54) is 5.56 Å². The Bertz CT molecular complexity index is 1270. The molecule has 1 saturated heterocycles. The predicted octanol–water partition coefficient (Wildman–Crippen LogP) is 4.98. The summed E-state index contributed by atoms with van der Waals surface area (Å²) < 4.78 is 11.5. The van der Waals surface area contributed by atoms with Crippen LogP contribution in [0.3, 0.4) is 0 Å². The number of carbonyl (C=O) groups is 1. The van der Waals surface area contributed by atoms with Gasteiger partial charge in [0.25, 0.3) is 5.91 Å². The van der Waals surface area contributed by atoms with Gasteiger partial charge in [0.2, 0.25) is 0 Å². The van der Waals surface area contributed by atoms with Crippen molar-refractivity contribution in [3.05, 3.63) is 94.9 Å². The van der Waals surface area contributed by atoms with E-state index in [-0.39, 0.29) is 5.91 Å². The summed E-state index contributed by atoms with van der Waals surface area (Å²) in [4.78, 5) is 18.0. The minimum atomic E-state index is 0.0128. The minimum Gasteiger partial charge on any atom is -0.488 e. The monoisotopic (exact) mass is 455 g/mol. The van der Waals surface area contributed by atoms with Crippen LogP contribution in [0.1, 0.15) is 32.9 Å². The molecule has 0 N–H and O–H groups in total. The molecule has 0 atom stereocenters. The SMILES string of the molecule is Cc1noc(C)c1COc1cc2ccccc2cc1C(=O)N1CCN(Cc2ccccc2)CC1. The van der Waals surface area contributed by atoms with Crippen molar-refractivity contribution in [1.29, 1.82) is 0 Å². The lowest BCUT2D eigenvalue weighted by Crippen LogP contribution is -2.48. The molecule has 0 saturated carbocycles. The number of nitrogens with zero attached hydrogens (tertiary/aromatic N) is 3. The molecule has 0 unspecified atom stereocenters. The van der Waals surface area contributed by atoms with E-state index in [1.54, 1.807) is 0 Å². The van der Waals surface area contributed by atoms with Gasteiger partial charge in [-0.3, -0.25) is 9.69 Å². The van der Waals surface area contributed by atoms with Crippen LogP contribution < -0.4 is 4.74 Å². The first-order valence-corrected chi connectivity index (χ1v) is 11.7. The van der Waals surface area contributed by atoms with Gasteiger partial charge < -0.3 is 14.2 Å². The second-order valence-corrected chi connectivity index (χ2v) is 8.84. The molecule has 0 aliphatic carbocycles. The van der Waals surface area contributed by atoms with Gasteiger partial charge in [0.05, 0.1) is 16.8 Å². The van der Waals surface area contributed by atoms with Crippen molar-refractivity contribution in [2.24, 2.45) is 0 Å². The molecule has 0 spiro atoms. The van der Waals surface area contributed by atoms with Crippen LogP contribution in [0.15, 0.2) is 71.3 Å². The van der Waals surface area contributed by atoms with Crippen LogP contribution in [0, 0.1) is 13.8 Å². The summed E-state index contributed by atoms with van der Waals surface area (Å²) in [7, 11) is 0. The zero-order chi connectivity index (χ0) is 23.5. The number of hydrogen-bond acceptors (Lipinski definition) is 5. The van der Waals surface area contributed by atoms with E-state index in [9.17, 15) is 4.79 Å². The van der Waals surface area contributed by atoms with Crippen LogP contribution in [0.2, 0.25) is 0 Å². The summed E-state index contributed by atoms with van der Waals surface area (Å²) in [6.45, 7) is 8.09. The van der Waals surface area contributed by atoms with Crippen LogP contribution in [0.5, 0.6) is 5.75 Å². The number of carbonyl (C=O) groups excluding carboxylic acids is 1. The van der Waals surface area contributed by atoms with Gasteiger partial charge in [0.1, 0.15) is 18.1 Å². The number of rotatable bonds is 6. The molecule has 1 aliphatic rings. The normalized spacial score (nSPS) is 14.5. The molecule has 3 aromatic carbocycles. The zero-order valence-corrected chi connectivity index (χ0v) is 19.7. The standard InChI is InChI=1S/C28H29N3O3/c1-20-26(21(2)34-29-20)19-33-27-17-24-11-7-6-10-23(24)16-25(27)28(32)31-14-12-30(13-15-31)18-22-8-4-3-5-9-22/h3-11,16-17H,12-15,18-19H2,1-2H3. The Kier molecular flexibility index (Phi) is 6.32. The van der Waals surface area contributed by atoms with Gasteiger partial charge >= 0.3 is 0 Å². The van der Waals surface area contributed by atoms with Crippen molar-refractivity contribution >= 4 is 16.7 Å². The highest BCUT2D eigenvalue weighted by Gasteiger charge is 2.25. The number of piperazine rings is 1. The third-order valence-corrected chi connectivity index (χ3v) is 6.54. The van der Waals surface area contributed by atoms with E-state index in [2.05, 4.69) is 34.3 Å². The molecule has 4 aromatic rings. The maximum Gasteiger partial charge on any atom is 0.257 e. The number of aromatic nitrogens is 1. The lowest BCUT2D eigenvalue weighted by Gasteiger charge is -2.35. The molecular weight excluding hydrogens is 426 g/mol. The topological polar surface area (TPSA) is 58.8 Å². The number of benzene rings is 3. The molecule has 0 bridgehead atoms. The van der Waals surface area contributed by atoms with Crippen LogP contribution in [0.25, 0.3) is 10.8 Å². The molecule has 6 heteroatoms. The molecule has 2 heterocycles. The van der Waals surface area contributed by atoms with E-state index in [4.69, 9.17) is 9.26 Å². The van der Waals surface area contributed by atoms with Crippen LogP contribution >= 0.6 is 0 Å². The third kappa shape index (κ3) is 4.68. The highest BCUT2D eigenvalue weighted by molar-refractivity contribution is 6.01. The molecule has 1 aliphatic heterocycles. The molecular formula is C28H29N3O3. The van der Waals surface area contributed by atoms with Gasteiger partial charge in [-0.05, 0) is 42.3 Å². The maximum absolute atomic E-state index is 13.6. The van der Waals surface area contributed by atoms with E-state index >= 15 is 0 Å². The number of aryl methyl sites for hydroxylation is 2. The second kappa shape index (κ2) is 9.69. The Hall–Kier alpha value is -3.64. The number of ether oxygens (including phenoxy) is 1. The number of amides is 1. The van der Waals surface area contributed by atoms with Crippen molar-refractivity contribution < 1.29 is 14.1 Å². The summed E-state index contributed by atoms with van der Waals surface area (Å²) in [5, 5.41) is 6.08. The summed E-state index contributed by atoms with van der Waals surface area (Å²) in [6, 6.07) is 22.4. The lowest BCUT2D eigenvalue weighted by molar-refractivity contribution is 0.0624. The highest BCUT2D eigenvalue weighted by Crippen LogP contribution is 2.29. The molecule has 0 radical (unpaired) electrons. The Morgan fingerprint density at radius 3 is 2.29 bits per heavy atom. The van der Waals surface area contributed by atoms with E-state index in [0.717, 1.165) is 47.4 Å². The zero-order valence-electron chi connectivity index (χ0n) is 19.7. The van der Waals surface area contributed by atoms with Crippen LogP contribution in [0.4, 0.5) is 0 Å². The largest absolute Gasteiger partial charge is 0.488 e. The van der Waals surface area contributed by atoms with Gasteiger partial charge in [0.15, 0.2) is 0 Å². The molecule has 1 amide bonds. The predicted molar refractivity (Wildman–Crippen MR) is 132 cm³/mol. The fourth-order valence-electron chi connectivity index (χ4n) is 4.48. The van der Waals surface area contributed by atoms with Crippen molar-refractivity contribution in [2.75, 3.05) is 26.2 Å². The minimum absolute atomic E-state index is 0.0128. The number of fused-ring (bicyclic) bond motifs is 1. The molecule has 1 fully saturated rings. The highest BCUT2D eigenvalue weighted by atomic mass is 16.5. The molecule has 6 nitrogen and oxygen atoms in total. The quantitative estimate of drug-likeness (QED) is 0.410. The van der Waals surface area contributed by atoms with E-state index in [0.29, 0.717) is 31.0 Å². The van der Waals surface area contributed by atoms with Crippen LogP contribution in [-0.2, 0) is 13.2 Å². The third-order valence-electron chi connectivity index (χ3n) is 6.54. The van der Waals surface area contributed by atoms with Gasteiger partial charge in [-0.25, -0.2) is 0 Å². The van der Waals surface area contributed by atoms with E-state index in [1.807, 2.05) is 61.2 Å². The first-order valence-electron chi connectivity index (χ1n) is 11.7. The van der Waals surface area contributed by atoms with Gasteiger partial charge in [0, 0.05) is 32.7 Å². The first kappa shape index (κ1) is 22.2.